The van der Waals surface area contributed by atoms with E-state index in [1.807, 2.05) is 54.6 Å². The summed E-state index contributed by atoms with van der Waals surface area (Å²) >= 11 is 0. The van der Waals surface area contributed by atoms with Crippen LogP contribution in [0.15, 0.2) is 72.1 Å². The molecule has 6 heteroatoms. The fourth-order valence-corrected chi connectivity index (χ4v) is 3.90. The minimum Gasteiger partial charge on any atom is -0.497 e. The molecule has 2 aliphatic heterocycles. The van der Waals surface area contributed by atoms with Crippen LogP contribution in [0.4, 0.5) is 0 Å². The van der Waals surface area contributed by atoms with Crippen LogP contribution < -0.4 is 14.2 Å². The fourth-order valence-electron chi connectivity index (χ4n) is 3.90. The summed E-state index contributed by atoms with van der Waals surface area (Å²) in [6, 6.07) is 18.0. The van der Waals surface area contributed by atoms with Crippen LogP contribution in [-0.2, 0) is 0 Å². The zero-order chi connectivity index (χ0) is 19.8. The lowest BCUT2D eigenvalue weighted by Crippen LogP contribution is -2.33. The average molecular weight is 387 g/mol. The molecule has 29 heavy (non-hydrogen) atoms. The summed E-state index contributed by atoms with van der Waals surface area (Å²) in [6.07, 6.45) is 4.04. The molecule has 0 spiro atoms. The number of hydrogen-bond donors (Lipinski definition) is 0. The number of pyridine rings is 1. The van der Waals surface area contributed by atoms with E-state index in [0.717, 1.165) is 46.1 Å². The van der Waals surface area contributed by atoms with E-state index in [-0.39, 0.29) is 12.3 Å². The third-order valence-corrected chi connectivity index (χ3v) is 5.41. The van der Waals surface area contributed by atoms with Gasteiger partial charge in [0.05, 0.1) is 26.0 Å². The number of methoxy groups -OCH3 is 2. The lowest BCUT2D eigenvalue weighted by Gasteiger charge is -2.38. The first-order valence-corrected chi connectivity index (χ1v) is 9.51. The number of aromatic nitrogens is 1. The SMILES string of the molecule is COc1ccc(C2=NN3[C@@H](c4ccncc4)Oc4ccc(OC)cc4[C@@H]3C2)cc1. The van der Waals surface area contributed by atoms with Crippen molar-refractivity contribution in [2.45, 2.75) is 18.7 Å². The average Bonchev–Trinajstić information content (AvgIpc) is 3.24. The lowest BCUT2D eigenvalue weighted by atomic mass is 9.95. The van der Waals surface area contributed by atoms with Crippen molar-refractivity contribution in [1.82, 2.24) is 9.99 Å². The van der Waals surface area contributed by atoms with Gasteiger partial charge in [-0.15, -0.1) is 0 Å². The molecule has 146 valence electrons. The Balaban J connectivity index is 1.57. The smallest absolute Gasteiger partial charge is 0.213 e. The molecule has 3 aromatic rings. The first-order valence-electron chi connectivity index (χ1n) is 9.51. The van der Waals surface area contributed by atoms with Crippen molar-refractivity contribution in [2.24, 2.45) is 5.10 Å². The quantitative estimate of drug-likeness (QED) is 0.667. The molecule has 2 aliphatic rings. The van der Waals surface area contributed by atoms with Crippen molar-refractivity contribution < 1.29 is 14.2 Å². The Morgan fingerprint density at radius 2 is 1.66 bits per heavy atom. The van der Waals surface area contributed by atoms with E-state index < -0.39 is 0 Å². The highest BCUT2D eigenvalue weighted by Crippen LogP contribution is 2.48. The van der Waals surface area contributed by atoms with Crippen LogP contribution in [0.2, 0.25) is 0 Å². The van der Waals surface area contributed by atoms with Crippen molar-refractivity contribution >= 4 is 5.71 Å². The second kappa shape index (κ2) is 7.13. The van der Waals surface area contributed by atoms with Gasteiger partial charge in [0.25, 0.3) is 0 Å². The van der Waals surface area contributed by atoms with Crippen LogP contribution in [0.1, 0.15) is 35.4 Å². The number of fused-ring (bicyclic) bond motifs is 3. The van der Waals surface area contributed by atoms with Gasteiger partial charge in [0.2, 0.25) is 6.23 Å². The van der Waals surface area contributed by atoms with Crippen LogP contribution in [0.25, 0.3) is 0 Å². The van der Waals surface area contributed by atoms with Crippen molar-refractivity contribution in [3.63, 3.8) is 0 Å². The summed E-state index contributed by atoms with van der Waals surface area (Å²) in [5, 5.41) is 7.02. The third-order valence-electron chi connectivity index (χ3n) is 5.41. The van der Waals surface area contributed by atoms with Gasteiger partial charge < -0.3 is 14.2 Å². The molecule has 0 unspecified atom stereocenters. The van der Waals surface area contributed by atoms with Crippen LogP contribution >= 0.6 is 0 Å². The largest absolute Gasteiger partial charge is 0.497 e. The molecule has 0 saturated carbocycles. The highest BCUT2D eigenvalue weighted by Gasteiger charge is 2.41. The first kappa shape index (κ1) is 17.6. The summed E-state index contributed by atoms with van der Waals surface area (Å²) in [7, 11) is 3.35. The lowest BCUT2D eigenvalue weighted by molar-refractivity contribution is -0.0192. The Hall–Kier alpha value is -3.54. The van der Waals surface area contributed by atoms with E-state index >= 15 is 0 Å². The summed E-state index contributed by atoms with van der Waals surface area (Å²) in [6.45, 7) is 0. The Morgan fingerprint density at radius 3 is 2.38 bits per heavy atom. The highest BCUT2D eigenvalue weighted by atomic mass is 16.5. The minimum absolute atomic E-state index is 0.0733. The van der Waals surface area contributed by atoms with E-state index in [0.29, 0.717) is 0 Å². The third kappa shape index (κ3) is 3.06. The normalized spacial score (nSPS) is 19.7. The summed E-state index contributed by atoms with van der Waals surface area (Å²) < 4.78 is 17.1. The van der Waals surface area contributed by atoms with Crippen LogP contribution in [0.5, 0.6) is 17.2 Å². The van der Waals surface area contributed by atoms with Gasteiger partial charge in [0.15, 0.2) is 0 Å². The Labute approximate surface area is 169 Å². The molecular formula is C23H21N3O3. The molecule has 3 heterocycles. The van der Waals surface area contributed by atoms with E-state index in [9.17, 15) is 0 Å². The van der Waals surface area contributed by atoms with Crippen LogP contribution in [0, 0.1) is 0 Å². The molecule has 0 radical (unpaired) electrons. The summed E-state index contributed by atoms with van der Waals surface area (Å²) in [5.74, 6) is 2.51. The molecule has 0 N–H and O–H groups in total. The number of nitrogens with zero attached hydrogens (tertiary/aromatic N) is 3. The Kier molecular flexibility index (Phi) is 4.31. The molecule has 0 bridgehead atoms. The monoisotopic (exact) mass is 387 g/mol. The molecule has 6 nitrogen and oxygen atoms in total. The van der Waals surface area contributed by atoms with Crippen molar-refractivity contribution in [3.05, 3.63) is 83.7 Å². The first-order chi connectivity index (χ1) is 14.3. The Bertz CT molecular complexity index is 1050. The zero-order valence-electron chi connectivity index (χ0n) is 16.3. The van der Waals surface area contributed by atoms with E-state index in [1.54, 1.807) is 26.6 Å². The molecule has 2 aromatic carbocycles. The molecule has 0 fully saturated rings. The zero-order valence-corrected chi connectivity index (χ0v) is 16.3. The predicted octanol–water partition coefficient (Wildman–Crippen LogP) is 4.34. The molecule has 0 amide bonds. The number of hydrazone groups is 1. The number of hydrogen-bond acceptors (Lipinski definition) is 6. The Morgan fingerprint density at radius 1 is 0.931 bits per heavy atom. The number of rotatable bonds is 4. The van der Waals surface area contributed by atoms with E-state index in [1.165, 1.54) is 0 Å². The number of ether oxygens (including phenoxy) is 3. The fraction of sp³-hybridized carbons (Fsp3) is 0.217. The summed E-state index contributed by atoms with van der Waals surface area (Å²) in [5.41, 5.74) is 4.21. The molecular weight excluding hydrogens is 366 g/mol. The maximum absolute atomic E-state index is 6.37. The van der Waals surface area contributed by atoms with Gasteiger partial charge in [0, 0.05) is 29.9 Å². The van der Waals surface area contributed by atoms with Gasteiger partial charge in [-0.05, 0) is 60.2 Å². The minimum atomic E-state index is -0.306. The van der Waals surface area contributed by atoms with Crippen LogP contribution in [0.3, 0.4) is 0 Å². The van der Waals surface area contributed by atoms with Crippen LogP contribution in [-0.4, -0.2) is 29.9 Å². The van der Waals surface area contributed by atoms with Crippen molar-refractivity contribution in [1.29, 1.82) is 0 Å². The van der Waals surface area contributed by atoms with Gasteiger partial charge in [-0.1, -0.05) is 0 Å². The molecule has 0 saturated heterocycles. The summed E-state index contributed by atoms with van der Waals surface area (Å²) in [4.78, 5) is 4.13. The maximum atomic E-state index is 6.37. The highest BCUT2D eigenvalue weighted by molar-refractivity contribution is 6.02. The van der Waals surface area contributed by atoms with Crippen molar-refractivity contribution in [3.8, 4) is 17.2 Å². The topological polar surface area (TPSA) is 56.2 Å². The van der Waals surface area contributed by atoms with Gasteiger partial charge in [0.1, 0.15) is 17.2 Å². The van der Waals surface area contributed by atoms with Gasteiger partial charge in [-0.3, -0.25) is 4.98 Å². The van der Waals surface area contributed by atoms with Gasteiger partial charge in [-0.2, -0.15) is 5.10 Å². The number of benzene rings is 2. The van der Waals surface area contributed by atoms with Crippen molar-refractivity contribution in [2.75, 3.05) is 14.2 Å². The van der Waals surface area contributed by atoms with E-state index in [4.69, 9.17) is 19.3 Å². The second-order valence-electron chi connectivity index (χ2n) is 7.03. The van der Waals surface area contributed by atoms with Gasteiger partial charge >= 0.3 is 0 Å². The molecule has 0 aliphatic carbocycles. The maximum Gasteiger partial charge on any atom is 0.213 e. The molecule has 2 atom stereocenters. The van der Waals surface area contributed by atoms with Gasteiger partial charge in [-0.25, -0.2) is 5.01 Å². The standard InChI is InChI=1S/C23H21N3O3/c1-27-17-5-3-15(4-6-17)20-14-21-19-13-18(28-2)7-8-22(19)29-23(26(21)25-20)16-9-11-24-12-10-16/h3-13,21,23H,14H2,1-2H3/t21-,23+/m0/s1. The molecule has 5 rings (SSSR count). The molecule has 1 aromatic heterocycles. The predicted molar refractivity (Wildman–Crippen MR) is 109 cm³/mol. The second-order valence-corrected chi connectivity index (χ2v) is 7.03. The van der Waals surface area contributed by atoms with E-state index in [2.05, 4.69) is 9.99 Å².